The third-order valence-electron chi connectivity index (χ3n) is 2.83. The molecule has 0 heterocycles. The van der Waals surface area contributed by atoms with Crippen molar-refractivity contribution in [3.8, 4) is 6.07 Å². The highest BCUT2D eigenvalue weighted by Gasteiger charge is 2.34. The first-order valence-electron chi connectivity index (χ1n) is 5.45. The Bertz CT molecular complexity index is 461. The summed E-state index contributed by atoms with van der Waals surface area (Å²) in [4.78, 5) is 13.0. The zero-order chi connectivity index (χ0) is 13.1. The number of nitrogens with zero attached hydrogens (tertiary/aromatic N) is 2. The second-order valence-electron chi connectivity index (χ2n) is 4.24. The van der Waals surface area contributed by atoms with Gasteiger partial charge in [-0.1, -0.05) is 12.1 Å². The van der Waals surface area contributed by atoms with E-state index in [1.807, 2.05) is 6.92 Å². The largest absolute Gasteiger partial charge is 0.480 e. The standard InChI is InChI=1S/C13H16N2O2/c1-4-15(13(2,3)12(16)17)11-8-6-5-7-10(11)9-14/h5-8H,4H2,1-3H3,(H,16,17). The Labute approximate surface area is 101 Å². The minimum Gasteiger partial charge on any atom is -0.480 e. The second-order valence-corrected chi connectivity index (χ2v) is 4.24. The molecule has 0 aliphatic carbocycles. The maximum atomic E-state index is 11.3. The topological polar surface area (TPSA) is 64.3 Å². The van der Waals surface area contributed by atoms with Gasteiger partial charge in [-0.15, -0.1) is 0 Å². The van der Waals surface area contributed by atoms with Crippen LogP contribution in [0.15, 0.2) is 24.3 Å². The summed E-state index contributed by atoms with van der Waals surface area (Å²) in [5.41, 5.74) is 0.107. The number of benzene rings is 1. The van der Waals surface area contributed by atoms with Gasteiger partial charge in [0.2, 0.25) is 0 Å². The van der Waals surface area contributed by atoms with Crippen molar-refractivity contribution in [2.45, 2.75) is 26.3 Å². The summed E-state index contributed by atoms with van der Waals surface area (Å²) >= 11 is 0. The molecule has 1 rings (SSSR count). The SMILES string of the molecule is CCN(c1ccccc1C#N)C(C)(C)C(=O)O. The van der Waals surface area contributed by atoms with Crippen molar-refractivity contribution < 1.29 is 9.90 Å². The van der Waals surface area contributed by atoms with Crippen LogP contribution in [0.5, 0.6) is 0 Å². The van der Waals surface area contributed by atoms with E-state index in [2.05, 4.69) is 6.07 Å². The van der Waals surface area contributed by atoms with Gasteiger partial charge in [-0.3, -0.25) is 0 Å². The molecular weight excluding hydrogens is 216 g/mol. The maximum Gasteiger partial charge on any atom is 0.328 e. The molecular formula is C13H16N2O2. The van der Waals surface area contributed by atoms with Gasteiger partial charge in [-0.2, -0.15) is 5.26 Å². The highest BCUT2D eigenvalue weighted by molar-refractivity contribution is 5.83. The van der Waals surface area contributed by atoms with Gasteiger partial charge in [0.1, 0.15) is 11.6 Å². The van der Waals surface area contributed by atoms with Crippen LogP contribution >= 0.6 is 0 Å². The summed E-state index contributed by atoms with van der Waals surface area (Å²) in [6, 6.07) is 9.12. The fraction of sp³-hybridized carbons (Fsp3) is 0.385. The number of para-hydroxylation sites is 1. The lowest BCUT2D eigenvalue weighted by Gasteiger charge is -2.36. The normalized spacial score (nSPS) is 10.7. The summed E-state index contributed by atoms with van der Waals surface area (Å²) in [5, 5.41) is 18.3. The summed E-state index contributed by atoms with van der Waals surface area (Å²) in [6.07, 6.45) is 0. The molecule has 4 nitrogen and oxygen atoms in total. The molecule has 1 aromatic rings. The summed E-state index contributed by atoms with van der Waals surface area (Å²) in [7, 11) is 0. The first kappa shape index (κ1) is 13.0. The van der Waals surface area contributed by atoms with Crippen molar-refractivity contribution in [1.29, 1.82) is 5.26 Å². The van der Waals surface area contributed by atoms with Crippen LogP contribution in [0.25, 0.3) is 0 Å². The van der Waals surface area contributed by atoms with E-state index in [0.717, 1.165) is 0 Å². The Morgan fingerprint density at radius 3 is 2.53 bits per heavy atom. The Balaban J connectivity index is 3.29. The van der Waals surface area contributed by atoms with Crippen LogP contribution in [-0.4, -0.2) is 23.2 Å². The van der Waals surface area contributed by atoms with Crippen LogP contribution < -0.4 is 4.90 Å². The van der Waals surface area contributed by atoms with Gasteiger partial charge < -0.3 is 10.0 Å². The number of aliphatic carboxylic acids is 1. The van der Waals surface area contributed by atoms with Gasteiger partial charge in [0, 0.05) is 6.54 Å². The van der Waals surface area contributed by atoms with Crippen LogP contribution in [0.3, 0.4) is 0 Å². The zero-order valence-electron chi connectivity index (χ0n) is 10.3. The molecule has 0 spiro atoms. The van der Waals surface area contributed by atoms with Gasteiger partial charge >= 0.3 is 5.97 Å². The lowest BCUT2D eigenvalue weighted by Crippen LogP contribution is -2.50. The number of rotatable bonds is 4. The van der Waals surface area contributed by atoms with E-state index in [9.17, 15) is 9.90 Å². The number of likely N-dealkylation sites (N-methyl/N-ethyl adjacent to an activating group) is 1. The molecule has 0 bridgehead atoms. The fourth-order valence-electron chi connectivity index (χ4n) is 1.79. The predicted molar refractivity (Wildman–Crippen MR) is 65.9 cm³/mol. The molecule has 0 saturated carbocycles. The number of carbonyl (C=O) groups is 1. The number of hydrogen-bond acceptors (Lipinski definition) is 3. The molecule has 0 aliphatic heterocycles. The molecule has 0 unspecified atom stereocenters. The first-order chi connectivity index (χ1) is 7.95. The molecule has 90 valence electrons. The number of hydrogen-bond donors (Lipinski definition) is 1. The van der Waals surface area contributed by atoms with E-state index in [-0.39, 0.29) is 0 Å². The number of nitriles is 1. The van der Waals surface area contributed by atoms with Crippen LogP contribution in [0, 0.1) is 11.3 Å². The van der Waals surface area contributed by atoms with Crippen LogP contribution in [0.4, 0.5) is 5.69 Å². The molecule has 0 radical (unpaired) electrons. The molecule has 0 aromatic heterocycles. The van der Waals surface area contributed by atoms with Crippen molar-refractivity contribution in [1.82, 2.24) is 0 Å². The Hall–Kier alpha value is -2.02. The third kappa shape index (κ3) is 2.39. The zero-order valence-corrected chi connectivity index (χ0v) is 10.3. The quantitative estimate of drug-likeness (QED) is 0.864. The molecule has 1 aromatic carbocycles. The minimum atomic E-state index is -1.04. The molecule has 1 N–H and O–H groups in total. The lowest BCUT2D eigenvalue weighted by molar-refractivity contribution is -0.142. The maximum absolute atomic E-state index is 11.3. The molecule has 0 atom stereocenters. The number of carboxylic acid groups (broad SMARTS) is 1. The average molecular weight is 232 g/mol. The molecule has 4 heteroatoms. The number of anilines is 1. The van der Waals surface area contributed by atoms with E-state index in [4.69, 9.17) is 5.26 Å². The van der Waals surface area contributed by atoms with Crippen molar-refractivity contribution in [2.24, 2.45) is 0 Å². The molecule has 17 heavy (non-hydrogen) atoms. The third-order valence-corrected chi connectivity index (χ3v) is 2.83. The lowest BCUT2D eigenvalue weighted by atomic mass is 10.0. The van der Waals surface area contributed by atoms with Crippen LogP contribution in [-0.2, 0) is 4.79 Å². The van der Waals surface area contributed by atoms with E-state index in [1.165, 1.54) is 0 Å². The van der Waals surface area contributed by atoms with Crippen molar-refractivity contribution in [3.05, 3.63) is 29.8 Å². The van der Waals surface area contributed by atoms with Gasteiger partial charge in [0.05, 0.1) is 11.3 Å². The molecule has 0 saturated heterocycles. The minimum absolute atomic E-state index is 0.490. The van der Waals surface area contributed by atoms with Crippen LogP contribution in [0.1, 0.15) is 26.3 Å². The first-order valence-corrected chi connectivity index (χ1v) is 5.45. The van der Waals surface area contributed by atoms with E-state index in [0.29, 0.717) is 17.8 Å². The van der Waals surface area contributed by atoms with Crippen LogP contribution in [0.2, 0.25) is 0 Å². The second kappa shape index (κ2) is 4.88. The highest BCUT2D eigenvalue weighted by atomic mass is 16.4. The van der Waals surface area contributed by atoms with Crippen molar-refractivity contribution >= 4 is 11.7 Å². The average Bonchev–Trinajstić information content (AvgIpc) is 2.30. The summed E-state index contributed by atoms with van der Waals surface area (Å²) in [5.74, 6) is -0.910. The molecule has 0 amide bonds. The predicted octanol–water partition coefficient (Wildman–Crippen LogP) is 2.25. The summed E-state index contributed by atoms with van der Waals surface area (Å²) < 4.78 is 0. The Morgan fingerprint density at radius 1 is 1.47 bits per heavy atom. The number of carboxylic acids is 1. The molecule has 0 aliphatic rings. The molecule has 0 fully saturated rings. The van der Waals surface area contributed by atoms with E-state index >= 15 is 0 Å². The van der Waals surface area contributed by atoms with Gasteiger partial charge in [-0.05, 0) is 32.9 Å². The van der Waals surface area contributed by atoms with Crippen molar-refractivity contribution in [3.63, 3.8) is 0 Å². The van der Waals surface area contributed by atoms with Gasteiger partial charge in [0.25, 0.3) is 0 Å². The van der Waals surface area contributed by atoms with Gasteiger partial charge in [-0.25, -0.2) is 4.79 Å². The van der Waals surface area contributed by atoms with E-state index < -0.39 is 11.5 Å². The van der Waals surface area contributed by atoms with Gasteiger partial charge in [0.15, 0.2) is 0 Å². The smallest absolute Gasteiger partial charge is 0.328 e. The van der Waals surface area contributed by atoms with E-state index in [1.54, 1.807) is 43.0 Å². The monoisotopic (exact) mass is 232 g/mol. The highest BCUT2D eigenvalue weighted by Crippen LogP contribution is 2.27. The Morgan fingerprint density at radius 2 is 2.06 bits per heavy atom. The Kier molecular flexibility index (Phi) is 3.74. The summed E-state index contributed by atoms with van der Waals surface area (Å²) in [6.45, 7) is 5.66. The van der Waals surface area contributed by atoms with Crippen molar-refractivity contribution in [2.75, 3.05) is 11.4 Å². The fourth-order valence-corrected chi connectivity index (χ4v) is 1.79.